The Morgan fingerprint density at radius 3 is 2.57 bits per heavy atom. The fourth-order valence-electron chi connectivity index (χ4n) is 2.50. The van der Waals surface area contributed by atoms with Crippen molar-refractivity contribution in [3.05, 3.63) is 58.6 Å². The summed E-state index contributed by atoms with van der Waals surface area (Å²) < 4.78 is 0.783. The van der Waals surface area contributed by atoms with E-state index < -0.39 is 5.92 Å². The van der Waals surface area contributed by atoms with Gasteiger partial charge in [-0.25, -0.2) is 0 Å². The summed E-state index contributed by atoms with van der Waals surface area (Å²) in [7, 11) is 1.69. The van der Waals surface area contributed by atoms with Gasteiger partial charge in [-0.2, -0.15) is 0 Å². The van der Waals surface area contributed by atoms with Crippen LogP contribution in [-0.2, 0) is 9.59 Å². The Bertz CT molecular complexity index is 730. The van der Waals surface area contributed by atoms with E-state index in [2.05, 4.69) is 21.2 Å². The van der Waals surface area contributed by atoms with Gasteiger partial charge in [0.2, 0.25) is 11.8 Å². The minimum Gasteiger partial charge on any atom is -0.324 e. The van der Waals surface area contributed by atoms with Crippen LogP contribution in [0.25, 0.3) is 0 Å². The molecule has 0 radical (unpaired) electrons. The monoisotopic (exact) mass is 344 g/mol. The van der Waals surface area contributed by atoms with Crippen LogP contribution in [0.5, 0.6) is 0 Å². The molecular formula is C16H13BrN2O2. The van der Waals surface area contributed by atoms with E-state index in [-0.39, 0.29) is 11.8 Å². The normalized spacial score (nSPS) is 16.8. The minimum absolute atomic E-state index is 0.208. The van der Waals surface area contributed by atoms with Crippen LogP contribution >= 0.6 is 15.9 Å². The van der Waals surface area contributed by atoms with Crippen LogP contribution in [0.1, 0.15) is 11.5 Å². The molecule has 1 aliphatic rings. The van der Waals surface area contributed by atoms with Gasteiger partial charge >= 0.3 is 0 Å². The van der Waals surface area contributed by atoms with Gasteiger partial charge in [0.05, 0.1) is 5.69 Å². The SMILES string of the molecule is CN1C(=O)[C@H](C(=O)Nc2ccccc2Br)c2ccccc21. The molecule has 0 fully saturated rings. The molecule has 4 nitrogen and oxygen atoms in total. The number of likely N-dealkylation sites (N-methyl/N-ethyl adjacent to an activating group) is 1. The van der Waals surface area contributed by atoms with E-state index in [1.54, 1.807) is 13.1 Å². The maximum atomic E-state index is 12.5. The smallest absolute Gasteiger partial charge is 0.243 e. The van der Waals surface area contributed by atoms with Gasteiger partial charge in [-0.3, -0.25) is 9.59 Å². The molecular weight excluding hydrogens is 332 g/mol. The van der Waals surface area contributed by atoms with Crippen LogP contribution in [-0.4, -0.2) is 18.9 Å². The number of anilines is 2. The maximum absolute atomic E-state index is 12.5. The summed E-state index contributed by atoms with van der Waals surface area (Å²) in [4.78, 5) is 26.4. The number of carbonyl (C=O) groups excluding carboxylic acids is 2. The summed E-state index contributed by atoms with van der Waals surface area (Å²) in [5.41, 5.74) is 2.19. The molecule has 0 spiro atoms. The Kier molecular flexibility index (Phi) is 3.51. The van der Waals surface area contributed by atoms with Gasteiger partial charge in [0.15, 0.2) is 0 Å². The van der Waals surface area contributed by atoms with Crippen molar-refractivity contribution in [3.8, 4) is 0 Å². The van der Waals surface area contributed by atoms with Crippen molar-refractivity contribution in [2.45, 2.75) is 5.92 Å². The van der Waals surface area contributed by atoms with Gasteiger partial charge in [0, 0.05) is 17.2 Å². The molecule has 0 unspecified atom stereocenters. The number of carbonyl (C=O) groups is 2. The molecule has 1 aliphatic heterocycles. The van der Waals surface area contributed by atoms with Crippen LogP contribution in [0.2, 0.25) is 0 Å². The zero-order valence-corrected chi connectivity index (χ0v) is 12.9. The number of hydrogen-bond donors (Lipinski definition) is 1. The summed E-state index contributed by atoms with van der Waals surface area (Å²) in [5.74, 6) is -1.32. The molecule has 2 aromatic rings. The Morgan fingerprint density at radius 1 is 1.14 bits per heavy atom. The summed E-state index contributed by atoms with van der Waals surface area (Å²) in [5, 5.41) is 2.81. The van der Waals surface area contributed by atoms with Crippen molar-refractivity contribution < 1.29 is 9.59 Å². The molecule has 0 saturated heterocycles. The molecule has 5 heteroatoms. The number of benzene rings is 2. The number of halogens is 1. The second-order valence-electron chi connectivity index (χ2n) is 4.86. The first-order valence-electron chi connectivity index (χ1n) is 6.51. The number of rotatable bonds is 2. The molecule has 106 valence electrons. The number of hydrogen-bond acceptors (Lipinski definition) is 2. The molecule has 21 heavy (non-hydrogen) atoms. The van der Waals surface area contributed by atoms with Crippen LogP contribution in [0.4, 0.5) is 11.4 Å². The number of nitrogens with one attached hydrogen (secondary N) is 1. The first-order chi connectivity index (χ1) is 10.1. The zero-order valence-electron chi connectivity index (χ0n) is 11.3. The second kappa shape index (κ2) is 5.33. The summed E-state index contributed by atoms with van der Waals surface area (Å²) in [6, 6.07) is 14.7. The van der Waals surface area contributed by atoms with Crippen LogP contribution < -0.4 is 10.2 Å². The van der Waals surface area contributed by atoms with Gasteiger partial charge in [-0.1, -0.05) is 30.3 Å². The summed E-state index contributed by atoms with van der Waals surface area (Å²) in [6.07, 6.45) is 0. The third-order valence-corrected chi connectivity index (χ3v) is 4.27. The van der Waals surface area contributed by atoms with E-state index >= 15 is 0 Å². The molecule has 0 saturated carbocycles. The lowest BCUT2D eigenvalue weighted by Crippen LogP contribution is -2.31. The fraction of sp³-hybridized carbons (Fsp3) is 0.125. The lowest BCUT2D eigenvalue weighted by atomic mass is 10.00. The largest absolute Gasteiger partial charge is 0.324 e. The van der Waals surface area contributed by atoms with Crippen molar-refractivity contribution in [1.29, 1.82) is 0 Å². The molecule has 2 aromatic carbocycles. The molecule has 1 N–H and O–H groups in total. The Hall–Kier alpha value is -2.14. The Morgan fingerprint density at radius 2 is 1.81 bits per heavy atom. The predicted octanol–water partition coefficient (Wildman–Crippen LogP) is 3.15. The van der Waals surface area contributed by atoms with Crippen molar-refractivity contribution in [3.63, 3.8) is 0 Å². The van der Waals surface area contributed by atoms with E-state index in [1.807, 2.05) is 42.5 Å². The average Bonchev–Trinajstić information content (AvgIpc) is 2.74. The van der Waals surface area contributed by atoms with Crippen LogP contribution in [0, 0.1) is 0 Å². The third-order valence-electron chi connectivity index (χ3n) is 3.58. The molecule has 0 bridgehead atoms. The van der Waals surface area contributed by atoms with Crippen molar-refractivity contribution in [2.24, 2.45) is 0 Å². The van der Waals surface area contributed by atoms with Crippen molar-refractivity contribution in [1.82, 2.24) is 0 Å². The van der Waals surface area contributed by atoms with Crippen LogP contribution in [0.3, 0.4) is 0 Å². The van der Waals surface area contributed by atoms with E-state index in [4.69, 9.17) is 0 Å². The Balaban J connectivity index is 1.92. The predicted molar refractivity (Wildman–Crippen MR) is 85.4 cm³/mol. The highest BCUT2D eigenvalue weighted by Gasteiger charge is 2.39. The highest BCUT2D eigenvalue weighted by molar-refractivity contribution is 9.10. The summed E-state index contributed by atoms with van der Waals surface area (Å²) in [6.45, 7) is 0. The third kappa shape index (κ3) is 2.34. The van der Waals surface area contributed by atoms with Crippen molar-refractivity contribution >= 4 is 39.1 Å². The van der Waals surface area contributed by atoms with Gasteiger partial charge in [-0.05, 0) is 39.7 Å². The molecule has 1 heterocycles. The molecule has 3 rings (SSSR count). The number of amides is 2. The lowest BCUT2D eigenvalue weighted by Gasteiger charge is -2.12. The van der Waals surface area contributed by atoms with Crippen molar-refractivity contribution in [2.75, 3.05) is 17.3 Å². The van der Waals surface area contributed by atoms with E-state index in [0.717, 1.165) is 15.7 Å². The van der Waals surface area contributed by atoms with Crippen LogP contribution in [0.15, 0.2) is 53.0 Å². The highest BCUT2D eigenvalue weighted by atomic mass is 79.9. The number of nitrogens with zero attached hydrogens (tertiary/aromatic N) is 1. The van der Waals surface area contributed by atoms with E-state index in [9.17, 15) is 9.59 Å². The zero-order chi connectivity index (χ0) is 15.0. The quantitative estimate of drug-likeness (QED) is 0.850. The topological polar surface area (TPSA) is 49.4 Å². The lowest BCUT2D eigenvalue weighted by molar-refractivity contribution is -0.126. The van der Waals surface area contributed by atoms with Gasteiger partial charge < -0.3 is 10.2 Å². The van der Waals surface area contributed by atoms with E-state index in [1.165, 1.54) is 4.90 Å². The average molecular weight is 345 g/mol. The molecule has 0 aromatic heterocycles. The van der Waals surface area contributed by atoms with Gasteiger partial charge in [-0.15, -0.1) is 0 Å². The number of para-hydroxylation sites is 2. The Labute approximate surface area is 130 Å². The summed E-state index contributed by atoms with van der Waals surface area (Å²) >= 11 is 3.38. The molecule has 2 amide bonds. The molecule has 0 aliphatic carbocycles. The fourth-order valence-corrected chi connectivity index (χ4v) is 2.89. The second-order valence-corrected chi connectivity index (χ2v) is 5.71. The van der Waals surface area contributed by atoms with Gasteiger partial charge in [0.1, 0.15) is 5.92 Å². The standard InChI is InChI=1S/C16H13BrN2O2/c1-19-13-9-5-2-6-10(13)14(16(19)21)15(20)18-12-8-4-3-7-11(12)17/h2-9,14H,1H3,(H,18,20)/t14-/m0/s1. The number of fused-ring (bicyclic) bond motifs is 1. The maximum Gasteiger partial charge on any atom is 0.243 e. The highest BCUT2D eigenvalue weighted by Crippen LogP contribution is 2.37. The molecule has 1 atom stereocenters. The van der Waals surface area contributed by atoms with E-state index in [0.29, 0.717) is 5.69 Å². The minimum atomic E-state index is -0.793. The first-order valence-corrected chi connectivity index (χ1v) is 7.31. The van der Waals surface area contributed by atoms with Gasteiger partial charge in [0.25, 0.3) is 0 Å². The first kappa shape index (κ1) is 13.8.